The van der Waals surface area contributed by atoms with Gasteiger partial charge in [0, 0.05) is 29.2 Å². The highest BCUT2D eigenvalue weighted by Crippen LogP contribution is 2.39. The van der Waals surface area contributed by atoms with E-state index in [1.165, 1.54) is 11.3 Å². The highest BCUT2D eigenvalue weighted by atomic mass is 32.1. The first-order chi connectivity index (χ1) is 18.8. The lowest BCUT2D eigenvalue weighted by atomic mass is 9.89. The molecule has 1 unspecified atom stereocenters. The van der Waals surface area contributed by atoms with E-state index in [4.69, 9.17) is 11.5 Å². The van der Waals surface area contributed by atoms with E-state index in [0.29, 0.717) is 27.4 Å². The van der Waals surface area contributed by atoms with Crippen molar-refractivity contribution in [1.82, 2.24) is 20.3 Å². The molecular weight excluding hydrogens is 510 g/mol. The number of hydrogen-bond donors (Lipinski definition) is 5. The molecule has 6 rings (SSSR count). The predicted molar refractivity (Wildman–Crippen MR) is 154 cm³/mol. The van der Waals surface area contributed by atoms with Gasteiger partial charge in [-0.1, -0.05) is 30.3 Å². The summed E-state index contributed by atoms with van der Waals surface area (Å²) in [6, 6.07) is 17.3. The summed E-state index contributed by atoms with van der Waals surface area (Å²) in [4.78, 5) is 37.8. The van der Waals surface area contributed by atoms with Gasteiger partial charge in [0.25, 0.3) is 11.8 Å². The van der Waals surface area contributed by atoms with Crippen molar-refractivity contribution in [1.29, 1.82) is 0 Å². The van der Waals surface area contributed by atoms with Crippen LogP contribution in [-0.2, 0) is 6.42 Å². The molecule has 9 nitrogen and oxygen atoms in total. The highest BCUT2D eigenvalue weighted by molar-refractivity contribution is 7.13. The molecule has 7 N–H and O–H groups in total. The minimum atomic E-state index is -0.500. The second-order valence-corrected chi connectivity index (χ2v) is 10.7. The average Bonchev–Trinajstić information content (AvgIpc) is 3.55. The van der Waals surface area contributed by atoms with Crippen LogP contribution in [0.2, 0.25) is 0 Å². The van der Waals surface area contributed by atoms with Gasteiger partial charge in [-0.3, -0.25) is 9.59 Å². The maximum atomic E-state index is 13.1. The van der Waals surface area contributed by atoms with Crippen LogP contribution in [0.5, 0.6) is 0 Å². The molecule has 1 aliphatic rings. The molecular formula is C29H27N7O2S. The standard InChI is InChI=1S/C29H27N7O2S/c1-14-17(5-3-7-19(14)24-25-22(11-12-32-24)36-29(39-25)26(31)37)18-6-4-8-20(15(18)2)35-28(38)27-33-21-10-9-16(30)13-23(21)34-27/h3-10,13,24,32H,11-12,30H2,1-2H3,(H2,31,37)(H,33,34)(H,35,38). The van der Waals surface area contributed by atoms with Crippen molar-refractivity contribution in [2.24, 2.45) is 5.73 Å². The number of rotatable bonds is 5. The van der Waals surface area contributed by atoms with Crippen LogP contribution in [0.4, 0.5) is 11.4 Å². The summed E-state index contributed by atoms with van der Waals surface area (Å²) in [5.74, 6) is -0.609. The van der Waals surface area contributed by atoms with E-state index in [1.807, 2.05) is 25.1 Å². The Hall–Kier alpha value is -4.54. The largest absolute Gasteiger partial charge is 0.399 e. The molecule has 0 bridgehead atoms. The number of anilines is 2. The van der Waals surface area contributed by atoms with Crippen LogP contribution in [0.15, 0.2) is 54.6 Å². The minimum absolute atomic E-state index is 0.0791. The van der Waals surface area contributed by atoms with E-state index in [1.54, 1.807) is 18.2 Å². The summed E-state index contributed by atoms with van der Waals surface area (Å²) in [6.07, 6.45) is 0.758. The van der Waals surface area contributed by atoms with E-state index in [0.717, 1.165) is 51.4 Å². The molecule has 196 valence electrons. The van der Waals surface area contributed by atoms with Gasteiger partial charge in [-0.25, -0.2) is 9.97 Å². The second-order valence-electron chi connectivity index (χ2n) is 9.65. The first-order valence-corrected chi connectivity index (χ1v) is 13.4. The maximum Gasteiger partial charge on any atom is 0.291 e. The van der Waals surface area contributed by atoms with Gasteiger partial charge in [-0.05, 0) is 65.9 Å². The van der Waals surface area contributed by atoms with Crippen molar-refractivity contribution >= 4 is 45.6 Å². The van der Waals surface area contributed by atoms with Crippen LogP contribution in [0.3, 0.4) is 0 Å². The van der Waals surface area contributed by atoms with Crippen molar-refractivity contribution in [3.63, 3.8) is 0 Å². The van der Waals surface area contributed by atoms with Crippen molar-refractivity contribution in [2.75, 3.05) is 17.6 Å². The summed E-state index contributed by atoms with van der Waals surface area (Å²) >= 11 is 1.36. The molecule has 5 aromatic rings. The maximum absolute atomic E-state index is 13.1. The summed E-state index contributed by atoms with van der Waals surface area (Å²) in [6.45, 7) is 4.86. The highest BCUT2D eigenvalue weighted by Gasteiger charge is 2.28. The SMILES string of the molecule is Cc1c(NC(=O)c2nc3ccc(N)cc3[nH]2)cccc1-c1cccc(C2NCCc3nc(C(N)=O)sc32)c1C. The lowest BCUT2D eigenvalue weighted by Crippen LogP contribution is -2.30. The van der Waals surface area contributed by atoms with Gasteiger partial charge in [-0.2, -0.15) is 0 Å². The van der Waals surface area contributed by atoms with Crippen LogP contribution >= 0.6 is 11.3 Å². The number of primary amides is 1. The fraction of sp³-hybridized carbons (Fsp3) is 0.172. The Morgan fingerprint density at radius 3 is 2.59 bits per heavy atom. The van der Waals surface area contributed by atoms with Gasteiger partial charge in [0.15, 0.2) is 10.8 Å². The summed E-state index contributed by atoms with van der Waals surface area (Å²) in [5.41, 5.74) is 20.2. The Morgan fingerprint density at radius 2 is 1.79 bits per heavy atom. The second kappa shape index (κ2) is 9.64. The molecule has 3 heterocycles. The van der Waals surface area contributed by atoms with Gasteiger partial charge >= 0.3 is 0 Å². The Balaban J connectivity index is 1.33. The van der Waals surface area contributed by atoms with E-state index in [-0.39, 0.29) is 17.8 Å². The number of fused-ring (bicyclic) bond motifs is 2. The van der Waals surface area contributed by atoms with Gasteiger partial charge < -0.3 is 27.1 Å². The Bertz CT molecular complexity index is 1770. The van der Waals surface area contributed by atoms with E-state index in [2.05, 4.69) is 50.7 Å². The molecule has 0 aliphatic carbocycles. The number of imidazole rings is 1. The van der Waals surface area contributed by atoms with E-state index >= 15 is 0 Å². The quantitative estimate of drug-likeness (QED) is 0.209. The van der Waals surface area contributed by atoms with Gasteiger partial charge in [-0.15, -0.1) is 11.3 Å². The molecule has 0 spiro atoms. The molecule has 1 atom stereocenters. The first-order valence-electron chi connectivity index (χ1n) is 12.6. The number of nitrogen functional groups attached to an aromatic ring is 1. The number of thiazole rings is 1. The van der Waals surface area contributed by atoms with E-state index in [9.17, 15) is 9.59 Å². The molecule has 2 amide bonds. The van der Waals surface area contributed by atoms with E-state index < -0.39 is 5.91 Å². The molecule has 0 fully saturated rings. The van der Waals surface area contributed by atoms with Gasteiger partial charge in [0.2, 0.25) is 0 Å². The topological polar surface area (TPSA) is 152 Å². The molecule has 0 saturated heterocycles. The number of carbonyl (C=O) groups excluding carboxylic acids is 2. The number of aromatic nitrogens is 3. The van der Waals surface area contributed by atoms with Crippen LogP contribution in [-0.4, -0.2) is 33.3 Å². The van der Waals surface area contributed by atoms with Crippen molar-refractivity contribution in [2.45, 2.75) is 26.3 Å². The number of hydrogen-bond acceptors (Lipinski definition) is 7. The van der Waals surface area contributed by atoms with Crippen LogP contribution in [0.1, 0.15) is 53.7 Å². The Labute approximate surface area is 228 Å². The third-order valence-electron chi connectivity index (χ3n) is 7.19. The fourth-order valence-electron chi connectivity index (χ4n) is 5.19. The number of amides is 2. The molecule has 39 heavy (non-hydrogen) atoms. The predicted octanol–water partition coefficient (Wildman–Crippen LogP) is 4.47. The third-order valence-corrected chi connectivity index (χ3v) is 8.37. The fourth-order valence-corrected chi connectivity index (χ4v) is 6.25. The lowest BCUT2D eigenvalue weighted by Gasteiger charge is -2.26. The number of benzene rings is 3. The normalized spacial score (nSPS) is 14.8. The molecule has 3 aromatic carbocycles. The number of carbonyl (C=O) groups is 2. The number of nitrogens with two attached hydrogens (primary N) is 2. The van der Waals surface area contributed by atoms with Crippen LogP contribution in [0, 0.1) is 13.8 Å². The Morgan fingerprint density at radius 1 is 1.03 bits per heavy atom. The van der Waals surface area contributed by atoms with Crippen molar-refractivity contribution < 1.29 is 9.59 Å². The smallest absolute Gasteiger partial charge is 0.291 e. The van der Waals surface area contributed by atoms with Crippen molar-refractivity contribution in [3.8, 4) is 11.1 Å². The number of nitrogens with one attached hydrogen (secondary N) is 3. The number of nitrogens with zero attached hydrogens (tertiary/aromatic N) is 2. The molecule has 10 heteroatoms. The summed E-state index contributed by atoms with van der Waals surface area (Å²) in [7, 11) is 0. The minimum Gasteiger partial charge on any atom is -0.399 e. The zero-order valence-electron chi connectivity index (χ0n) is 21.5. The third kappa shape index (κ3) is 4.43. The van der Waals surface area contributed by atoms with Gasteiger partial charge in [0.05, 0.1) is 22.8 Å². The van der Waals surface area contributed by atoms with Crippen LogP contribution < -0.4 is 22.1 Å². The van der Waals surface area contributed by atoms with Crippen molar-refractivity contribution in [3.05, 3.63) is 92.7 Å². The lowest BCUT2D eigenvalue weighted by molar-refractivity contribution is 0.0996. The molecule has 1 aliphatic heterocycles. The molecule has 0 radical (unpaired) electrons. The average molecular weight is 538 g/mol. The monoisotopic (exact) mass is 537 g/mol. The van der Waals surface area contributed by atoms with Crippen LogP contribution in [0.25, 0.3) is 22.2 Å². The number of aromatic amines is 1. The molecule has 2 aromatic heterocycles. The zero-order valence-corrected chi connectivity index (χ0v) is 22.3. The zero-order chi connectivity index (χ0) is 27.3. The Kier molecular flexibility index (Phi) is 6.13. The summed E-state index contributed by atoms with van der Waals surface area (Å²) < 4.78 is 0. The number of H-pyrrole nitrogens is 1. The first kappa shape index (κ1) is 24.8. The summed E-state index contributed by atoms with van der Waals surface area (Å²) in [5, 5.41) is 6.94. The van der Waals surface area contributed by atoms with Gasteiger partial charge in [0.1, 0.15) is 0 Å². The molecule has 0 saturated carbocycles.